The molecule has 1 aromatic carbocycles. The van der Waals surface area contributed by atoms with Crippen LogP contribution in [0.25, 0.3) is 11.3 Å². The number of methoxy groups -OCH3 is 1. The third-order valence-electron chi connectivity index (χ3n) is 6.47. The predicted octanol–water partition coefficient (Wildman–Crippen LogP) is 2.10. The smallest absolute Gasteiger partial charge is 0.269 e. The van der Waals surface area contributed by atoms with Gasteiger partial charge in [0.15, 0.2) is 0 Å². The van der Waals surface area contributed by atoms with E-state index in [1.165, 1.54) is 0 Å². The number of fused-ring (bicyclic) bond motifs is 4. The molecule has 2 unspecified atom stereocenters. The molecule has 3 aromatic rings. The molecule has 8 heteroatoms. The lowest BCUT2D eigenvalue weighted by molar-refractivity contribution is 0.0923. The highest BCUT2D eigenvalue weighted by Gasteiger charge is 2.34. The standard InChI is InChI=1S/C24H27N5O3/c1-32-22-7-3-2-5-18(22)19-12-20(27-26-19)24(31)25-9-10-28-13-16-11-17(15-28)21-6-4-8-23(30)29(21)14-16/h2-8,12,16-17H,9-11,13-15H2,1H3,(H,25,31)(H,26,27). The third kappa shape index (κ3) is 3.93. The fourth-order valence-electron chi connectivity index (χ4n) is 5.03. The lowest BCUT2D eigenvalue weighted by Crippen LogP contribution is -2.48. The Bertz CT molecular complexity index is 1180. The van der Waals surface area contributed by atoms with Crippen molar-refractivity contribution in [2.24, 2.45) is 5.92 Å². The molecule has 2 atom stereocenters. The SMILES string of the molecule is COc1ccccc1-c1cc(C(=O)NCCN2CC3CC(C2)c2cccc(=O)n2C3)[nH]n1. The van der Waals surface area contributed by atoms with E-state index in [2.05, 4.69) is 26.5 Å². The van der Waals surface area contributed by atoms with Gasteiger partial charge in [0.25, 0.3) is 11.5 Å². The van der Waals surface area contributed by atoms with Crippen LogP contribution >= 0.6 is 0 Å². The number of aromatic nitrogens is 3. The Morgan fingerprint density at radius 3 is 2.94 bits per heavy atom. The molecule has 5 rings (SSSR count). The second-order valence-electron chi connectivity index (χ2n) is 8.58. The number of nitrogens with one attached hydrogen (secondary N) is 2. The van der Waals surface area contributed by atoms with Gasteiger partial charge in [0, 0.05) is 56.0 Å². The lowest BCUT2D eigenvalue weighted by Gasteiger charge is -2.42. The molecule has 2 N–H and O–H groups in total. The summed E-state index contributed by atoms with van der Waals surface area (Å²) < 4.78 is 7.32. The van der Waals surface area contributed by atoms with Gasteiger partial charge in [0.2, 0.25) is 0 Å². The van der Waals surface area contributed by atoms with Crippen LogP contribution in [-0.2, 0) is 6.54 Å². The fourth-order valence-corrected chi connectivity index (χ4v) is 5.03. The number of amides is 1. The van der Waals surface area contributed by atoms with Crippen LogP contribution in [0.3, 0.4) is 0 Å². The van der Waals surface area contributed by atoms with Crippen LogP contribution in [0.2, 0.25) is 0 Å². The number of carbonyl (C=O) groups is 1. The normalized spacial score (nSPS) is 19.9. The van der Waals surface area contributed by atoms with E-state index in [1.54, 1.807) is 19.2 Å². The number of rotatable bonds is 6. The molecular weight excluding hydrogens is 406 g/mol. The molecule has 166 valence electrons. The van der Waals surface area contributed by atoms with Crippen molar-refractivity contribution in [3.05, 3.63) is 70.3 Å². The Balaban J connectivity index is 1.18. The molecule has 4 heterocycles. The first-order valence-corrected chi connectivity index (χ1v) is 11.0. The van der Waals surface area contributed by atoms with Gasteiger partial charge >= 0.3 is 0 Å². The molecule has 1 fully saturated rings. The number of benzene rings is 1. The number of H-pyrrole nitrogens is 1. The van der Waals surface area contributed by atoms with E-state index in [1.807, 2.05) is 34.9 Å². The summed E-state index contributed by atoms with van der Waals surface area (Å²) in [5.74, 6) is 1.40. The van der Waals surface area contributed by atoms with Crippen molar-refractivity contribution in [1.29, 1.82) is 0 Å². The maximum absolute atomic E-state index is 12.6. The molecule has 1 amide bonds. The second kappa shape index (κ2) is 8.63. The molecule has 0 aliphatic carbocycles. The van der Waals surface area contributed by atoms with Crippen LogP contribution in [-0.4, -0.2) is 58.9 Å². The molecule has 0 saturated carbocycles. The number of hydrogen-bond acceptors (Lipinski definition) is 5. The van der Waals surface area contributed by atoms with Gasteiger partial charge in [-0.05, 0) is 36.6 Å². The average molecular weight is 434 g/mol. The highest BCUT2D eigenvalue weighted by molar-refractivity contribution is 5.93. The molecule has 2 aliphatic rings. The summed E-state index contributed by atoms with van der Waals surface area (Å²) in [4.78, 5) is 27.2. The maximum Gasteiger partial charge on any atom is 0.269 e. The summed E-state index contributed by atoms with van der Waals surface area (Å²) in [7, 11) is 1.62. The number of piperidine rings is 1. The van der Waals surface area contributed by atoms with Crippen molar-refractivity contribution in [3.63, 3.8) is 0 Å². The average Bonchev–Trinajstić information content (AvgIpc) is 3.30. The fraction of sp³-hybridized carbons (Fsp3) is 0.375. The molecule has 2 aromatic heterocycles. The minimum atomic E-state index is -0.173. The number of para-hydroxylation sites is 1. The van der Waals surface area contributed by atoms with Crippen LogP contribution < -0.4 is 15.6 Å². The molecular formula is C24H27N5O3. The van der Waals surface area contributed by atoms with Gasteiger partial charge in [-0.3, -0.25) is 14.7 Å². The van der Waals surface area contributed by atoms with E-state index in [-0.39, 0.29) is 11.5 Å². The quantitative estimate of drug-likeness (QED) is 0.621. The zero-order chi connectivity index (χ0) is 22.1. The minimum Gasteiger partial charge on any atom is -0.496 e. The number of pyridine rings is 1. The molecule has 8 nitrogen and oxygen atoms in total. The van der Waals surface area contributed by atoms with Crippen LogP contribution in [0.15, 0.2) is 53.3 Å². The summed E-state index contributed by atoms with van der Waals surface area (Å²) in [6.07, 6.45) is 1.13. The molecule has 32 heavy (non-hydrogen) atoms. The second-order valence-corrected chi connectivity index (χ2v) is 8.58. The Morgan fingerprint density at radius 1 is 1.19 bits per heavy atom. The number of aromatic amines is 1. The summed E-state index contributed by atoms with van der Waals surface area (Å²) >= 11 is 0. The highest BCUT2D eigenvalue weighted by Crippen LogP contribution is 2.34. The number of nitrogens with zero attached hydrogens (tertiary/aromatic N) is 3. The Kier molecular flexibility index (Phi) is 5.53. The Morgan fingerprint density at radius 2 is 2.06 bits per heavy atom. The highest BCUT2D eigenvalue weighted by atomic mass is 16.5. The minimum absolute atomic E-state index is 0.102. The van der Waals surface area contributed by atoms with E-state index in [0.29, 0.717) is 35.5 Å². The zero-order valence-corrected chi connectivity index (χ0v) is 18.1. The van der Waals surface area contributed by atoms with Crippen molar-refractivity contribution >= 4 is 5.91 Å². The van der Waals surface area contributed by atoms with Crippen molar-refractivity contribution in [2.75, 3.05) is 33.3 Å². The molecule has 0 radical (unpaired) electrons. The van der Waals surface area contributed by atoms with Gasteiger partial charge in [0.1, 0.15) is 11.4 Å². The molecule has 1 saturated heterocycles. The first kappa shape index (κ1) is 20.5. The van der Waals surface area contributed by atoms with Gasteiger partial charge in [0.05, 0.1) is 12.8 Å². The van der Waals surface area contributed by atoms with E-state index in [0.717, 1.165) is 43.9 Å². The largest absolute Gasteiger partial charge is 0.496 e. The van der Waals surface area contributed by atoms with Crippen LogP contribution in [0, 0.1) is 5.92 Å². The van der Waals surface area contributed by atoms with Gasteiger partial charge in [-0.15, -0.1) is 0 Å². The molecule has 0 spiro atoms. The Labute approximate surface area is 186 Å². The van der Waals surface area contributed by atoms with Crippen molar-refractivity contribution in [3.8, 4) is 17.0 Å². The number of ether oxygens (including phenoxy) is 1. The van der Waals surface area contributed by atoms with Gasteiger partial charge < -0.3 is 19.5 Å². The monoisotopic (exact) mass is 433 g/mol. The van der Waals surface area contributed by atoms with Crippen molar-refractivity contribution < 1.29 is 9.53 Å². The van der Waals surface area contributed by atoms with Gasteiger partial charge in [-0.2, -0.15) is 5.10 Å². The first-order chi connectivity index (χ1) is 15.6. The first-order valence-electron chi connectivity index (χ1n) is 11.0. The van der Waals surface area contributed by atoms with E-state index in [9.17, 15) is 9.59 Å². The summed E-state index contributed by atoms with van der Waals surface area (Å²) in [5, 5.41) is 10.1. The van der Waals surface area contributed by atoms with E-state index in [4.69, 9.17) is 4.74 Å². The number of carbonyl (C=O) groups excluding carboxylic acids is 1. The van der Waals surface area contributed by atoms with E-state index < -0.39 is 0 Å². The zero-order valence-electron chi connectivity index (χ0n) is 18.1. The molecule has 2 aliphatic heterocycles. The van der Waals surface area contributed by atoms with Crippen LogP contribution in [0.5, 0.6) is 5.75 Å². The number of hydrogen-bond donors (Lipinski definition) is 2. The summed E-state index contributed by atoms with van der Waals surface area (Å²) in [6.45, 7) is 3.99. The van der Waals surface area contributed by atoms with Crippen LogP contribution in [0.4, 0.5) is 0 Å². The molecule has 2 bridgehead atoms. The Hall–Kier alpha value is -3.39. The van der Waals surface area contributed by atoms with Gasteiger partial charge in [-0.1, -0.05) is 18.2 Å². The van der Waals surface area contributed by atoms with Gasteiger partial charge in [-0.25, -0.2) is 0 Å². The predicted molar refractivity (Wildman–Crippen MR) is 121 cm³/mol. The maximum atomic E-state index is 12.6. The summed E-state index contributed by atoms with van der Waals surface area (Å²) in [6, 6.07) is 14.9. The lowest BCUT2D eigenvalue weighted by atomic mass is 9.83. The summed E-state index contributed by atoms with van der Waals surface area (Å²) in [5.41, 5.74) is 3.18. The topological polar surface area (TPSA) is 92.2 Å². The van der Waals surface area contributed by atoms with Crippen molar-refractivity contribution in [2.45, 2.75) is 18.9 Å². The number of likely N-dealkylation sites (tertiary alicyclic amines) is 1. The van der Waals surface area contributed by atoms with Crippen molar-refractivity contribution in [1.82, 2.24) is 25.0 Å². The van der Waals surface area contributed by atoms with Crippen LogP contribution in [0.1, 0.15) is 28.5 Å². The third-order valence-corrected chi connectivity index (χ3v) is 6.47. The van der Waals surface area contributed by atoms with E-state index >= 15 is 0 Å².